The number of benzene rings is 4. The van der Waals surface area contributed by atoms with Crippen LogP contribution in [0.2, 0.25) is 0 Å². The highest BCUT2D eigenvalue weighted by Crippen LogP contribution is 2.42. The van der Waals surface area contributed by atoms with Crippen LogP contribution in [0.25, 0.3) is 87.7 Å². The topological polar surface area (TPSA) is 394 Å². The first-order valence-electron chi connectivity index (χ1n) is 52.1. The van der Waals surface area contributed by atoms with Crippen LogP contribution < -0.4 is 26.6 Å². The van der Waals surface area contributed by atoms with E-state index < -0.39 is 41.0 Å². The van der Waals surface area contributed by atoms with Crippen LogP contribution in [0.1, 0.15) is 228 Å². The number of hydrogen-bond donors (Lipinski definition) is 5. The van der Waals surface area contributed by atoms with Gasteiger partial charge in [-0.2, -0.15) is 0 Å². The summed E-state index contributed by atoms with van der Waals surface area (Å²) in [6.07, 6.45) is 25.6. The van der Waals surface area contributed by atoms with Crippen molar-refractivity contribution in [2.45, 2.75) is 264 Å². The molecule has 12 aromatic rings. The van der Waals surface area contributed by atoms with Crippen LogP contribution in [0, 0.1) is 24.2 Å². The predicted octanol–water partition coefficient (Wildman–Crippen LogP) is 17.9. The minimum Gasteiger partial charge on any atom is -0.444 e. The van der Waals surface area contributed by atoms with Crippen LogP contribution in [0.15, 0.2) is 151 Å². The standard InChI is InChI=1S/C29H36N4O5.C29H32N4O5.C24H28N4O3.C16H12BrN3O2.C13H21NO3.CH3F.CH4.ClH/c2*1-29(2,3)38-28(36)32-16-13-20(14-17-32)37-18-6-8-19-7-4-10-22-25(19)21-9-5-15-30-26(21)33(22)23-11-12-24(34)31-27(23)35;29-21-9-8-20(24(30)27-21)28-19-7-1-4-16(22(19)18-6-2-12-26-23(18)28)5-3-15-31-17-10-13-25-14-11-17;17-10-4-1-5-11-14(10)9-3-2-8-18-15(9)20(11)12-6-7-13(21)19-16(12)22;1-5-10-16-11-6-8-14(9-7-11)12(15)17-13(2,3)4;1-2;;/h4-5,7,9-10,15,20,23H,6,8,11-14,16-18H2,1-3H3,(H,31,34,35);4-5,7,9-10,15,20,23H,11-14,16-18H2,1-3H3,(H,31,34,35);1-2,4,6-7,12,17,20,25H,3,5,8-11,13-15H2,(H,27,29,30);1-5,8,12H,6-7H2,(H,19,21,22);1,11H,6-10H2,2-4H3;1H3;1H4;1H/i;;;;;;1T;. The molecule has 4 aromatic carbocycles. The Morgan fingerprint density at radius 1 is 0.407 bits per heavy atom. The molecular formula is C113H137BrClFN16O18. The van der Waals surface area contributed by atoms with Crippen LogP contribution in [0.5, 0.6) is 0 Å². The number of imide groups is 4. The maximum Gasteiger partial charge on any atom is 0.410 e. The second kappa shape index (κ2) is 51.9. The van der Waals surface area contributed by atoms with Gasteiger partial charge in [0, 0.05) is 157 Å². The average molecular weight is 2140 g/mol. The molecule has 150 heavy (non-hydrogen) atoms. The molecule has 16 heterocycles. The molecule has 11 amide bonds. The molecule has 34 nitrogen and oxygen atoms in total. The number of halogens is 3. The minimum atomic E-state index is -0.513. The van der Waals surface area contributed by atoms with Crippen molar-refractivity contribution < 1.29 is 91.7 Å². The van der Waals surface area contributed by atoms with E-state index >= 15 is 0 Å². The Kier molecular flexibility index (Phi) is 38.9. The summed E-state index contributed by atoms with van der Waals surface area (Å²) in [6, 6.07) is 38.0. The van der Waals surface area contributed by atoms with E-state index in [4.69, 9.17) is 41.0 Å². The summed E-state index contributed by atoms with van der Waals surface area (Å²) in [5.41, 5.74) is 8.61. The van der Waals surface area contributed by atoms with Crippen LogP contribution in [-0.2, 0) is 84.4 Å². The Balaban J connectivity index is 0.000000159. The molecule has 4 unspecified atom stereocenters. The maximum absolute atomic E-state index is 12.7. The number of terminal acetylenes is 1. The Bertz CT molecular complexity index is 7000. The van der Waals surface area contributed by atoms with Crippen molar-refractivity contribution in [2.75, 3.05) is 86.0 Å². The summed E-state index contributed by atoms with van der Waals surface area (Å²) >= 11 is 3.58. The van der Waals surface area contributed by atoms with Gasteiger partial charge in [-0.05, 0) is 274 Å². The number of rotatable bonds is 18. The number of piperidine rings is 8. The summed E-state index contributed by atoms with van der Waals surface area (Å²) in [5.74, 6) is 6.86. The number of hydrogen-bond acceptors (Lipinski definition) is 23. The highest BCUT2D eigenvalue weighted by molar-refractivity contribution is 9.10. The number of fused-ring (bicyclic) bond motifs is 12. The number of aryl methyl sites for hydroxylation is 2. The molecule has 8 aromatic heterocycles. The Morgan fingerprint density at radius 3 is 1.05 bits per heavy atom. The quantitative estimate of drug-likeness (QED) is 0.0230. The third kappa shape index (κ3) is 28.1. The number of carbonyl (C=O) groups excluding carboxylic acids is 11. The van der Waals surface area contributed by atoms with Crippen molar-refractivity contribution in [3.8, 4) is 24.2 Å². The lowest BCUT2D eigenvalue weighted by atomic mass is 10.0. The SMILES string of the molecule is C#CCOC1CCN(C(=O)OC(C)(C)C)CC1.CC(C)(C)OC(=O)N1CCC(OCC#Cc2cccc3c2c2cccnc2n3C2CCC(=O)NC2=O)CC1.CC(C)(C)OC(=O)N1CCC(OCCCc2cccc3c2c2cccnc2n3C2CCC(=O)NC2=O)CC1.CF.Cl.O=C1CCC(n2c3cccc(Br)c3c3cccnc32)C(=O)N1.O=C1CCC(n2c3cccc(CCCOC4CCNCC4)c3c3cccnc32)C(=O)N1.[3H]C. The van der Waals surface area contributed by atoms with Crippen molar-refractivity contribution in [3.63, 3.8) is 0 Å². The minimum absolute atomic E-state index is 0. The number of nitrogens with zero attached hydrogens (tertiary/aromatic N) is 11. The van der Waals surface area contributed by atoms with Gasteiger partial charge in [0.05, 0.1) is 53.7 Å². The zero-order valence-corrected chi connectivity index (χ0v) is 89.5. The molecule has 798 valence electrons. The molecule has 0 radical (unpaired) electrons. The highest BCUT2D eigenvalue weighted by Gasteiger charge is 2.39. The van der Waals surface area contributed by atoms with E-state index in [1.807, 2.05) is 178 Å². The van der Waals surface area contributed by atoms with Gasteiger partial charge in [-0.15, -0.1) is 18.8 Å². The second-order valence-electron chi connectivity index (χ2n) is 40.8. The van der Waals surface area contributed by atoms with Crippen LogP contribution in [0.3, 0.4) is 0 Å². The zero-order chi connectivity index (χ0) is 107. The summed E-state index contributed by atoms with van der Waals surface area (Å²) in [4.78, 5) is 157. The van der Waals surface area contributed by atoms with E-state index in [0.717, 1.165) is 189 Å². The van der Waals surface area contributed by atoms with Gasteiger partial charge in [-0.25, -0.2) is 34.3 Å². The van der Waals surface area contributed by atoms with Crippen molar-refractivity contribution in [1.29, 1.82) is 0 Å². The fourth-order valence-corrected chi connectivity index (χ4v) is 20.9. The van der Waals surface area contributed by atoms with Gasteiger partial charge in [0.1, 0.15) is 76.8 Å². The van der Waals surface area contributed by atoms with Crippen LogP contribution in [-0.4, -0.2) is 246 Å². The lowest BCUT2D eigenvalue weighted by Gasteiger charge is -2.33. The van der Waals surface area contributed by atoms with E-state index in [-0.39, 0.29) is 109 Å². The van der Waals surface area contributed by atoms with E-state index in [1.165, 1.54) is 18.5 Å². The molecule has 4 atom stereocenters. The van der Waals surface area contributed by atoms with Gasteiger partial charge < -0.3 is 71.4 Å². The lowest BCUT2D eigenvalue weighted by molar-refractivity contribution is -0.137. The van der Waals surface area contributed by atoms with E-state index in [2.05, 4.69) is 104 Å². The molecule has 0 aliphatic carbocycles. The molecule has 0 spiro atoms. The van der Waals surface area contributed by atoms with Gasteiger partial charge in [-0.1, -0.05) is 77.5 Å². The monoisotopic (exact) mass is 2140 g/mol. The van der Waals surface area contributed by atoms with Gasteiger partial charge in [0.2, 0.25) is 47.3 Å². The number of amides is 11. The molecule has 8 aliphatic heterocycles. The fourth-order valence-electron chi connectivity index (χ4n) is 20.3. The van der Waals surface area contributed by atoms with E-state index in [1.54, 1.807) is 39.5 Å². The average Bonchev–Trinajstić information content (AvgIpc) is 1.59. The van der Waals surface area contributed by atoms with Gasteiger partial charge in [-0.3, -0.25) is 64.0 Å². The van der Waals surface area contributed by atoms with Crippen molar-refractivity contribution in [2.24, 2.45) is 0 Å². The largest absolute Gasteiger partial charge is 0.444 e. The van der Waals surface area contributed by atoms with Gasteiger partial charge in [0.15, 0.2) is 0 Å². The van der Waals surface area contributed by atoms with E-state index in [9.17, 15) is 57.1 Å². The van der Waals surface area contributed by atoms with Gasteiger partial charge in [0.25, 0.3) is 0 Å². The molecule has 0 saturated carbocycles. The summed E-state index contributed by atoms with van der Waals surface area (Å²) in [6.45, 7) is 24.7. The zero-order valence-electron chi connectivity index (χ0n) is 88.1. The summed E-state index contributed by atoms with van der Waals surface area (Å²) in [5, 5.41) is 21.4. The Hall–Kier alpha value is -13.3. The normalized spacial score (nSPS) is 18.7. The Morgan fingerprint density at radius 2 is 0.707 bits per heavy atom. The lowest BCUT2D eigenvalue weighted by Crippen LogP contribution is -2.43. The van der Waals surface area contributed by atoms with Crippen LogP contribution in [0.4, 0.5) is 18.8 Å². The summed E-state index contributed by atoms with van der Waals surface area (Å²) < 4.78 is 64.0. The number of nitrogens with one attached hydrogen (secondary N) is 5. The number of ether oxygens (including phenoxy) is 7. The van der Waals surface area contributed by atoms with Crippen LogP contribution >= 0.6 is 28.3 Å². The maximum atomic E-state index is 12.7. The molecule has 0 bridgehead atoms. The first-order valence-corrected chi connectivity index (χ1v) is 51.9. The van der Waals surface area contributed by atoms with Crippen molar-refractivity contribution >= 4 is 182 Å². The first-order chi connectivity index (χ1) is 72.2. The number of aromatic nitrogens is 8. The number of carbonyl (C=O) groups is 11. The third-order valence-electron chi connectivity index (χ3n) is 27.0. The van der Waals surface area contributed by atoms with Crippen molar-refractivity contribution in [3.05, 3.63) is 167 Å². The number of likely N-dealkylation sites (tertiary alicyclic amines) is 3. The molecule has 8 saturated heterocycles. The second-order valence-corrected chi connectivity index (χ2v) is 41.7. The molecule has 37 heteroatoms. The molecular weight excluding hydrogens is 2000 g/mol. The van der Waals surface area contributed by atoms with Gasteiger partial charge >= 0.3 is 18.3 Å². The molecule has 8 fully saturated rings. The smallest absolute Gasteiger partial charge is 0.410 e. The molecule has 8 aliphatic rings. The van der Waals surface area contributed by atoms with E-state index in [0.29, 0.717) is 116 Å². The first kappa shape index (κ1) is 112. The van der Waals surface area contributed by atoms with Crippen molar-refractivity contribution in [1.82, 2.24) is 79.5 Å². The molecule has 5 N–H and O–H groups in total. The summed E-state index contributed by atoms with van der Waals surface area (Å²) in [7, 11) is 1.75. The number of alkyl halides is 1. The third-order valence-corrected chi connectivity index (χ3v) is 27.7. The molecule has 20 rings (SSSR count). The highest BCUT2D eigenvalue weighted by atomic mass is 79.9. The predicted molar refractivity (Wildman–Crippen MR) is 578 cm³/mol. The Labute approximate surface area is 888 Å². The fraction of sp³-hybridized carbons (Fsp3) is 0.478. The number of pyridine rings is 4.